The Morgan fingerprint density at radius 3 is 2.05 bits per heavy atom. The van der Waals surface area contributed by atoms with Crippen molar-refractivity contribution in [3.63, 3.8) is 0 Å². The summed E-state index contributed by atoms with van der Waals surface area (Å²) in [5.74, 6) is -1.29. The standard InChI is InChI=1S/C14H13FN4O2/c15-12-7-8(16)1-6-11(12)13(20)18-9-2-4-10(5-3-9)19-14(17)21/h1-7H,16H2,(H,18,20)(H3,17,19,21). The molecule has 0 unspecified atom stereocenters. The molecule has 7 heteroatoms. The van der Waals surface area contributed by atoms with Gasteiger partial charge in [0.05, 0.1) is 5.56 Å². The molecule has 0 fully saturated rings. The van der Waals surface area contributed by atoms with Crippen LogP contribution in [0.25, 0.3) is 0 Å². The molecule has 0 saturated carbocycles. The number of nitrogens with one attached hydrogen (secondary N) is 2. The Morgan fingerprint density at radius 1 is 0.952 bits per heavy atom. The summed E-state index contributed by atoms with van der Waals surface area (Å²) < 4.78 is 13.6. The molecule has 0 aliphatic rings. The van der Waals surface area contributed by atoms with Crippen molar-refractivity contribution in [1.82, 2.24) is 0 Å². The molecule has 2 rings (SSSR count). The number of primary amides is 1. The smallest absolute Gasteiger partial charge is 0.316 e. The van der Waals surface area contributed by atoms with Gasteiger partial charge >= 0.3 is 6.03 Å². The number of rotatable bonds is 3. The van der Waals surface area contributed by atoms with Crippen molar-refractivity contribution in [2.24, 2.45) is 5.73 Å². The number of benzene rings is 2. The Kier molecular flexibility index (Phi) is 4.03. The van der Waals surface area contributed by atoms with E-state index in [4.69, 9.17) is 11.5 Å². The summed E-state index contributed by atoms with van der Waals surface area (Å²) >= 11 is 0. The predicted molar refractivity (Wildman–Crippen MR) is 78.4 cm³/mol. The van der Waals surface area contributed by atoms with Crippen molar-refractivity contribution in [1.29, 1.82) is 0 Å². The van der Waals surface area contributed by atoms with Gasteiger partial charge in [-0.25, -0.2) is 9.18 Å². The third kappa shape index (κ3) is 3.69. The van der Waals surface area contributed by atoms with E-state index in [9.17, 15) is 14.0 Å². The highest BCUT2D eigenvalue weighted by Crippen LogP contribution is 2.16. The van der Waals surface area contributed by atoms with Crippen LogP contribution in [0, 0.1) is 5.82 Å². The Balaban J connectivity index is 2.10. The summed E-state index contributed by atoms with van der Waals surface area (Å²) in [5, 5.41) is 4.92. The Labute approximate surface area is 119 Å². The van der Waals surface area contributed by atoms with Gasteiger partial charge in [-0.3, -0.25) is 4.79 Å². The van der Waals surface area contributed by atoms with Crippen LogP contribution in [-0.4, -0.2) is 11.9 Å². The molecule has 0 bridgehead atoms. The molecule has 2 aromatic rings. The number of nitrogens with two attached hydrogens (primary N) is 2. The zero-order chi connectivity index (χ0) is 15.4. The van der Waals surface area contributed by atoms with Gasteiger partial charge in [0.25, 0.3) is 5.91 Å². The van der Waals surface area contributed by atoms with E-state index in [0.717, 1.165) is 6.07 Å². The van der Waals surface area contributed by atoms with Gasteiger partial charge in [0.2, 0.25) is 0 Å². The number of halogens is 1. The van der Waals surface area contributed by atoms with Gasteiger partial charge < -0.3 is 22.1 Å². The van der Waals surface area contributed by atoms with Gasteiger partial charge in [0.15, 0.2) is 0 Å². The monoisotopic (exact) mass is 288 g/mol. The molecule has 6 nitrogen and oxygen atoms in total. The average Bonchev–Trinajstić information content (AvgIpc) is 2.40. The second-order valence-corrected chi connectivity index (χ2v) is 4.26. The van der Waals surface area contributed by atoms with Gasteiger partial charge in [-0.05, 0) is 42.5 Å². The molecule has 0 aliphatic carbocycles. The quantitative estimate of drug-likeness (QED) is 0.649. The van der Waals surface area contributed by atoms with Crippen molar-refractivity contribution in [3.05, 3.63) is 53.8 Å². The van der Waals surface area contributed by atoms with Crippen molar-refractivity contribution in [2.75, 3.05) is 16.4 Å². The zero-order valence-electron chi connectivity index (χ0n) is 10.9. The minimum atomic E-state index is -0.695. The molecule has 6 N–H and O–H groups in total. The molecular formula is C14H13FN4O2. The molecule has 0 aliphatic heterocycles. The number of carbonyl (C=O) groups is 2. The molecule has 0 radical (unpaired) electrons. The molecule has 0 aromatic heterocycles. The second-order valence-electron chi connectivity index (χ2n) is 4.26. The Hall–Kier alpha value is -3.09. The summed E-state index contributed by atoms with van der Waals surface area (Å²) in [5.41, 5.74) is 11.5. The van der Waals surface area contributed by atoms with Gasteiger partial charge in [-0.2, -0.15) is 0 Å². The van der Waals surface area contributed by atoms with Gasteiger partial charge in [0.1, 0.15) is 5.82 Å². The first-order valence-corrected chi connectivity index (χ1v) is 5.98. The van der Waals surface area contributed by atoms with E-state index in [1.54, 1.807) is 24.3 Å². The minimum absolute atomic E-state index is 0.108. The second kappa shape index (κ2) is 5.91. The molecule has 2 aromatic carbocycles. The third-order valence-corrected chi connectivity index (χ3v) is 2.65. The van der Waals surface area contributed by atoms with Crippen LogP contribution in [-0.2, 0) is 0 Å². The SMILES string of the molecule is NC(=O)Nc1ccc(NC(=O)c2ccc(N)cc2F)cc1. The number of urea groups is 1. The fraction of sp³-hybridized carbons (Fsp3) is 0. The number of anilines is 3. The van der Waals surface area contributed by atoms with Crippen LogP contribution in [0.15, 0.2) is 42.5 Å². The van der Waals surface area contributed by atoms with Crippen LogP contribution in [0.2, 0.25) is 0 Å². The van der Waals surface area contributed by atoms with E-state index in [1.807, 2.05) is 0 Å². The molecular weight excluding hydrogens is 275 g/mol. The largest absolute Gasteiger partial charge is 0.399 e. The number of hydrogen-bond acceptors (Lipinski definition) is 3. The first kappa shape index (κ1) is 14.3. The molecule has 21 heavy (non-hydrogen) atoms. The summed E-state index contributed by atoms with van der Waals surface area (Å²) in [7, 11) is 0. The lowest BCUT2D eigenvalue weighted by atomic mass is 10.1. The van der Waals surface area contributed by atoms with Crippen LogP contribution < -0.4 is 22.1 Å². The van der Waals surface area contributed by atoms with Crippen LogP contribution in [0.3, 0.4) is 0 Å². The summed E-state index contributed by atoms with van der Waals surface area (Å²) in [4.78, 5) is 22.6. The Bertz CT molecular complexity index is 686. The van der Waals surface area contributed by atoms with E-state index in [-0.39, 0.29) is 11.3 Å². The highest BCUT2D eigenvalue weighted by molar-refractivity contribution is 6.04. The fourth-order valence-electron chi connectivity index (χ4n) is 1.69. The van der Waals surface area contributed by atoms with Crippen LogP contribution in [0.5, 0.6) is 0 Å². The average molecular weight is 288 g/mol. The molecule has 0 saturated heterocycles. The summed E-state index contributed by atoms with van der Waals surface area (Å²) in [6.45, 7) is 0. The topological polar surface area (TPSA) is 110 Å². The van der Waals surface area contributed by atoms with E-state index >= 15 is 0 Å². The molecule has 0 atom stereocenters. The van der Waals surface area contributed by atoms with E-state index < -0.39 is 17.8 Å². The number of hydrogen-bond donors (Lipinski definition) is 4. The predicted octanol–water partition coefficient (Wildman–Crippen LogP) is 2.15. The first-order valence-electron chi connectivity index (χ1n) is 5.98. The number of nitrogen functional groups attached to an aromatic ring is 1. The van der Waals surface area contributed by atoms with Crippen LogP contribution in [0.4, 0.5) is 26.2 Å². The van der Waals surface area contributed by atoms with Crippen molar-refractivity contribution < 1.29 is 14.0 Å². The molecule has 108 valence electrons. The highest BCUT2D eigenvalue weighted by Gasteiger charge is 2.12. The normalized spacial score (nSPS) is 9.95. The van der Waals surface area contributed by atoms with Crippen LogP contribution >= 0.6 is 0 Å². The van der Waals surface area contributed by atoms with Crippen molar-refractivity contribution in [2.45, 2.75) is 0 Å². The van der Waals surface area contributed by atoms with Crippen molar-refractivity contribution >= 4 is 29.0 Å². The van der Waals surface area contributed by atoms with E-state index in [2.05, 4.69) is 10.6 Å². The summed E-state index contributed by atoms with van der Waals surface area (Å²) in [6, 6.07) is 9.36. The lowest BCUT2D eigenvalue weighted by Crippen LogP contribution is -2.19. The minimum Gasteiger partial charge on any atom is -0.399 e. The number of carbonyl (C=O) groups excluding carboxylic acids is 2. The lowest BCUT2D eigenvalue weighted by molar-refractivity contribution is 0.102. The van der Waals surface area contributed by atoms with Crippen molar-refractivity contribution in [3.8, 4) is 0 Å². The molecule has 0 spiro atoms. The fourth-order valence-corrected chi connectivity index (χ4v) is 1.69. The van der Waals surface area contributed by atoms with Gasteiger partial charge in [0, 0.05) is 17.1 Å². The van der Waals surface area contributed by atoms with E-state index in [0.29, 0.717) is 11.4 Å². The molecule has 0 heterocycles. The summed E-state index contributed by atoms with van der Waals surface area (Å²) in [6.07, 6.45) is 0. The lowest BCUT2D eigenvalue weighted by Gasteiger charge is -2.08. The maximum atomic E-state index is 13.6. The maximum absolute atomic E-state index is 13.6. The first-order chi connectivity index (χ1) is 9.95. The highest BCUT2D eigenvalue weighted by atomic mass is 19.1. The Morgan fingerprint density at radius 2 is 1.52 bits per heavy atom. The van der Waals surface area contributed by atoms with Crippen LogP contribution in [0.1, 0.15) is 10.4 Å². The van der Waals surface area contributed by atoms with Gasteiger partial charge in [-0.1, -0.05) is 0 Å². The molecule has 3 amide bonds. The third-order valence-electron chi connectivity index (χ3n) is 2.65. The maximum Gasteiger partial charge on any atom is 0.316 e. The zero-order valence-corrected chi connectivity index (χ0v) is 10.9. The number of amides is 3. The van der Waals surface area contributed by atoms with E-state index in [1.165, 1.54) is 12.1 Å². The van der Waals surface area contributed by atoms with Gasteiger partial charge in [-0.15, -0.1) is 0 Å².